The van der Waals surface area contributed by atoms with Crippen molar-refractivity contribution in [3.05, 3.63) is 22.7 Å². The molecule has 8 heteroatoms. The zero-order valence-corrected chi connectivity index (χ0v) is 12.6. The van der Waals surface area contributed by atoms with Gasteiger partial charge >= 0.3 is 5.97 Å². The third kappa shape index (κ3) is 2.99. The van der Waals surface area contributed by atoms with Gasteiger partial charge in [-0.05, 0) is 12.1 Å². The number of hydrogen-bond acceptors (Lipinski definition) is 4. The number of hydrogen-bond donors (Lipinski definition) is 1. The van der Waals surface area contributed by atoms with E-state index in [9.17, 15) is 13.2 Å². The molecule has 0 spiro atoms. The molecule has 0 radical (unpaired) electrons. The van der Waals surface area contributed by atoms with E-state index in [-0.39, 0.29) is 15.5 Å². The van der Waals surface area contributed by atoms with Crippen LogP contribution < -0.4 is 4.90 Å². The van der Waals surface area contributed by atoms with E-state index in [2.05, 4.69) is 0 Å². The van der Waals surface area contributed by atoms with E-state index < -0.39 is 16.0 Å². The lowest BCUT2D eigenvalue weighted by Gasteiger charge is -2.19. The van der Waals surface area contributed by atoms with Crippen molar-refractivity contribution < 1.29 is 18.3 Å². The molecule has 0 amide bonds. The summed E-state index contributed by atoms with van der Waals surface area (Å²) in [6.07, 6.45) is 0. The minimum atomic E-state index is -3.79. The van der Waals surface area contributed by atoms with Crippen LogP contribution >= 0.6 is 11.6 Å². The molecule has 0 aliphatic heterocycles. The number of carboxylic acids is 1. The normalized spacial score (nSPS) is 11.7. The minimum Gasteiger partial charge on any atom is -0.478 e. The summed E-state index contributed by atoms with van der Waals surface area (Å²) in [6.45, 7) is 0. The molecule has 0 unspecified atom stereocenters. The molecule has 106 valence electrons. The van der Waals surface area contributed by atoms with Gasteiger partial charge in [-0.25, -0.2) is 17.5 Å². The first-order valence-electron chi connectivity index (χ1n) is 5.25. The number of nitrogens with zero attached hydrogens (tertiary/aromatic N) is 2. The van der Waals surface area contributed by atoms with Gasteiger partial charge in [0.1, 0.15) is 4.90 Å². The Hall–Kier alpha value is -1.31. The number of sulfonamides is 1. The average Bonchev–Trinajstić information content (AvgIpc) is 2.27. The van der Waals surface area contributed by atoms with Gasteiger partial charge in [-0.15, -0.1) is 0 Å². The Morgan fingerprint density at radius 2 is 1.74 bits per heavy atom. The maximum atomic E-state index is 12.0. The zero-order chi connectivity index (χ0) is 15.0. The molecule has 0 saturated carbocycles. The van der Waals surface area contributed by atoms with Crippen LogP contribution in [-0.2, 0) is 10.0 Å². The van der Waals surface area contributed by atoms with Crippen molar-refractivity contribution in [2.75, 3.05) is 33.1 Å². The van der Waals surface area contributed by atoms with Crippen molar-refractivity contribution in [1.82, 2.24) is 4.31 Å². The number of aromatic carboxylic acids is 1. The van der Waals surface area contributed by atoms with Gasteiger partial charge in [-0.1, -0.05) is 11.6 Å². The van der Waals surface area contributed by atoms with Crippen LogP contribution in [0, 0.1) is 0 Å². The predicted molar refractivity (Wildman–Crippen MR) is 73.6 cm³/mol. The van der Waals surface area contributed by atoms with Crippen molar-refractivity contribution >= 4 is 33.3 Å². The number of halogens is 1. The Morgan fingerprint density at radius 3 is 2.11 bits per heavy atom. The lowest BCUT2D eigenvalue weighted by molar-refractivity contribution is 0.0697. The highest BCUT2D eigenvalue weighted by atomic mass is 35.5. The van der Waals surface area contributed by atoms with Gasteiger partial charge in [0.2, 0.25) is 10.0 Å². The summed E-state index contributed by atoms with van der Waals surface area (Å²) in [4.78, 5) is 12.5. The number of benzene rings is 1. The Morgan fingerprint density at radius 1 is 1.21 bits per heavy atom. The monoisotopic (exact) mass is 306 g/mol. The van der Waals surface area contributed by atoms with Crippen LogP contribution in [0.4, 0.5) is 5.69 Å². The summed E-state index contributed by atoms with van der Waals surface area (Å²) in [6, 6.07) is 2.41. The van der Waals surface area contributed by atoms with Gasteiger partial charge < -0.3 is 10.0 Å². The van der Waals surface area contributed by atoms with Crippen molar-refractivity contribution in [3.63, 3.8) is 0 Å². The van der Waals surface area contributed by atoms with Crippen LogP contribution in [0.3, 0.4) is 0 Å². The highest BCUT2D eigenvalue weighted by molar-refractivity contribution is 7.89. The second-order valence-electron chi connectivity index (χ2n) is 4.29. The first-order chi connectivity index (χ1) is 8.59. The Labute approximate surface area is 117 Å². The van der Waals surface area contributed by atoms with E-state index >= 15 is 0 Å². The summed E-state index contributed by atoms with van der Waals surface area (Å²) in [5.41, 5.74) is 0.227. The van der Waals surface area contributed by atoms with Crippen LogP contribution in [-0.4, -0.2) is 52.0 Å². The smallest absolute Gasteiger partial charge is 0.337 e. The minimum absolute atomic E-state index is 0.0117. The van der Waals surface area contributed by atoms with Gasteiger partial charge in [0.15, 0.2) is 0 Å². The molecule has 0 heterocycles. The van der Waals surface area contributed by atoms with Gasteiger partial charge in [0.25, 0.3) is 0 Å². The Bertz CT molecular complexity index is 611. The standard InChI is InChI=1S/C11H15ClN2O4S/c1-13(2)9-6-8(12)10(5-7(9)11(15)16)19(17,18)14(3)4/h5-6H,1-4H3,(H,15,16). The topological polar surface area (TPSA) is 77.9 Å². The van der Waals surface area contributed by atoms with Crippen LogP contribution in [0.2, 0.25) is 5.02 Å². The lowest BCUT2D eigenvalue weighted by Crippen LogP contribution is -2.23. The molecule has 0 saturated heterocycles. The Balaban J connectivity index is 3.64. The van der Waals surface area contributed by atoms with Crippen molar-refractivity contribution in [2.24, 2.45) is 0 Å². The third-order valence-corrected chi connectivity index (χ3v) is 4.80. The molecule has 0 aromatic heterocycles. The van der Waals surface area contributed by atoms with Crippen LogP contribution in [0.5, 0.6) is 0 Å². The molecule has 0 aliphatic rings. The average molecular weight is 307 g/mol. The van der Waals surface area contributed by atoms with E-state index in [4.69, 9.17) is 16.7 Å². The van der Waals surface area contributed by atoms with E-state index in [1.807, 2.05) is 0 Å². The highest BCUT2D eigenvalue weighted by Gasteiger charge is 2.25. The quantitative estimate of drug-likeness (QED) is 0.908. The van der Waals surface area contributed by atoms with Crippen molar-refractivity contribution in [2.45, 2.75) is 4.90 Å². The second-order valence-corrected chi connectivity index (χ2v) is 6.81. The molecule has 19 heavy (non-hydrogen) atoms. The van der Waals surface area contributed by atoms with Crippen LogP contribution in [0.1, 0.15) is 10.4 Å². The molecule has 1 rings (SSSR count). The zero-order valence-electron chi connectivity index (χ0n) is 11.0. The molecular weight excluding hydrogens is 292 g/mol. The number of anilines is 1. The van der Waals surface area contributed by atoms with Crippen LogP contribution in [0.15, 0.2) is 17.0 Å². The highest BCUT2D eigenvalue weighted by Crippen LogP contribution is 2.31. The molecule has 6 nitrogen and oxygen atoms in total. The maximum Gasteiger partial charge on any atom is 0.337 e. The van der Waals surface area contributed by atoms with Gasteiger partial charge in [-0.3, -0.25) is 0 Å². The van der Waals surface area contributed by atoms with E-state index in [0.717, 1.165) is 10.4 Å². The number of rotatable bonds is 4. The molecule has 1 N–H and O–H groups in total. The first-order valence-corrected chi connectivity index (χ1v) is 7.07. The van der Waals surface area contributed by atoms with Gasteiger partial charge in [0.05, 0.1) is 16.3 Å². The van der Waals surface area contributed by atoms with E-state index in [1.54, 1.807) is 19.0 Å². The van der Waals surface area contributed by atoms with E-state index in [1.165, 1.54) is 20.2 Å². The first kappa shape index (κ1) is 15.7. The fraction of sp³-hybridized carbons (Fsp3) is 0.364. The fourth-order valence-electron chi connectivity index (χ4n) is 1.48. The van der Waals surface area contributed by atoms with Gasteiger partial charge in [0, 0.05) is 28.2 Å². The molecule has 0 aliphatic carbocycles. The van der Waals surface area contributed by atoms with Crippen LogP contribution in [0.25, 0.3) is 0 Å². The summed E-state index contributed by atoms with van der Waals surface area (Å²) in [7, 11) is 2.22. The summed E-state index contributed by atoms with van der Waals surface area (Å²) >= 11 is 5.95. The predicted octanol–water partition coefficient (Wildman–Crippen LogP) is 1.35. The maximum absolute atomic E-state index is 12.0. The lowest BCUT2D eigenvalue weighted by atomic mass is 10.1. The molecule has 1 aromatic carbocycles. The Kier molecular flexibility index (Phi) is 4.44. The largest absolute Gasteiger partial charge is 0.478 e. The summed E-state index contributed by atoms with van der Waals surface area (Å²) in [5.74, 6) is -1.21. The number of carbonyl (C=O) groups is 1. The molecule has 0 atom stereocenters. The number of carboxylic acid groups (broad SMARTS) is 1. The second kappa shape index (κ2) is 5.36. The molecule has 0 fully saturated rings. The molecule has 1 aromatic rings. The SMILES string of the molecule is CN(C)c1cc(Cl)c(S(=O)(=O)N(C)C)cc1C(=O)O. The third-order valence-electron chi connectivity index (χ3n) is 2.52. The van der Waals surface area contributed by atoms with Gasteiger partial charge in [-0.2, -0.15) is 0 Å². The van der Waals surface area contributed by atoms with E-state index in [0.29, 0.717) is 5.69 Å². The summed E-state index contributed by atoms with van der Waals surface area (Å²) in [5, 5.41) is 9.14. The van der Waals surface area contributed by atoms with Crippen molar-refractivity contribution in [3.8, 4) is 0 Å². The van der Waals surface area contributed by atoms with Crippen molar-refractivity contribution in [1.29, 1.82) is 0 Å². The summed E-state index contributed by atoms with van der Waals surface area (Å²) < 4.78 is 25.1. The molecular formula is C11H15ClN2O4S. The molecule has 0 bridgehead atoms. The fourth-order valence-corrected chi connectivity index (χ4v) is 2.89.